The maximum absolute atomic E-state index is 13.0. The van der Waals surface area contributed by atoms with Gasteiger partial charge in [-0.3, -0.25) is 4.98 Å². The third-order valence-corrected chi connectivity index (χ3v) is 7.05. The van der Waals surface area contributed by atoms with Crippen LogP contribution in [0.5, 0.6) is 0 Å². The molecule has 0 saturated carbocycles. The molecule has 0 radical (unpaired) electrons. The van der Waals surface area contributed by atoms with Crippen LogP contribution >= 0.6 is 0 Å². The monoisotopic (exact) mass is 407 g/mol. The van der Waals surface area contributed by atoms with E-state index in [0.717, 1.165) is 29.7 Å². The van der Waals surface area contributed by atoms with Crippen molar-refractivity contribution in [2.24, 2.45) is 0 Å². The van der Waals surface area contributed by atoms with Crippen molar-refractivity contribution >= 4 is 21.7 Å². The van der Waals surface area contributed by atoms with Crippen LogP contribution in [0, 0.1) is 12.7 Å². The second kappa shape index (κ2) is 8.50. The van der Waals surface area contributed by atoms with Gasteiger partial charge in [0.1, 0.15) is 11.6 Å². The van der Waals surface area contributed by atoms with Crippen LogP contribution in [0.25, 0.3) is 0 Å². The molecular weight excluding hydrogens is 381 g/mol. The highest BCUT2D eigenvalue weighted by molar-refractivity contribution is 7.86. The largest absolute Gasteiger partial charge is 0.340 e. The van der Waals surface area contributed by atoms with Crippen LogP contribution in [-0.2, 0) is 10.2 Å². The van der Waals surface area contributed by atoms with Crippen LogP contribution in [0.15, 0.2) is 30.5 Å². The molecule has 3 rings (SSSR count). The van der Waals surface area contributed by atoms with E-state index in [-0.39, 0.29) is 5.92 Å². The first-order valence-corrected chi connectivity index (χ1v) is 10.9. The summed E-state index contributed by atoms with van der Waals surface area (Å²) in [6.45, 7) is 7.41. The van der Waals surface area contributed by atoms with E-state index in [2.05, 4.69) is 15.3 Å². The van der Waals surface area contributed by atoms with Gasteiger partial charge >= 0.3 is 0 Å². The van der Waals surface area contributed by atoms with Crippen LogP contribution in [-0.4, -0.2) is 53.2 Å². The van der Waals surface area contributed by atoms with Crippen molar-refractivity contribution in [2.45, 2.75) is 33.1 Å². The highest BCUT2D eigenvalue weighted by atomic mass is 32.2. The van der Waals surface area contributed by atoms with Crippen LogP contribution in [0.1, 0.15) is 37.6 Å². The molecule has 0 amide bonds. The molecule has 0 bridgehead atoms. The zero-order chi connectivity index (χ0) is 20.3. The van der Waals surface area contributed by atoms with E-state index in [1.165, 1.54) is 10.4 Å². The lowest BCUT2D eigenvalue weighted by molar-refractivity contribution is 0.377. The lowest BCUT2D eigenvalue weighted by Crippen LogP contribution is -2.42. The van der Waals surface area contributed by atoms with E-state index in [1.807, 2.05) is 32.9 Å². The molecule has 1 saturated heterocycles. The topological polar surface area (TPSA) is 78.4 Å². The Bertz CT molecular complexity index is 916. The van der Waals surface area contributed by atoms with Crippen molar-refractivity contribution in [2.75, 3.05) is 31.5 Å². The molecule has 1 N–H and O–H groups in total. The zero-order valence-corrected chi connectivity index (χ0v) is 17.2. The fourth-order valence-corrected chi connectivity index (χ4v) is 5.15. The fraction of sp³-hybridized carbons (Fsp3) is 0.474. The molecule has 1 aliphatic rings. The first-order chi connectivity index (χ1) is 13.3. The number of nitrogens with zero attached hydrogens (tertiary/aromatic N) is 4. The van der Waals surface area contributed by atoms with E-state index in [4.69, 9.17) is 0 Å². The Hall–Kier alpha value is -2.10. The van der Waals surface area contributed by atoms with Crippen LogP contribution in [0.4, 0.5) is 15.9 Å². The molecule has 0 spiro atoms. The van der Waals surface area contributed by atoms with Crippen molar-refractivity contribution in [3.63, 3.8) is 0 Å². The summed E-state index contributed by atoms with van der Waals surface area (Å²) in [6, 6.07) is 6.71. The van der Waals surface area contributed by atoms with Gasteiger partial charge in [0.15, 0.2) is 0 Å². The smallest absolute Gasteiger partial charge is 0.281 e. The molecule has 2 aromatic heterocycles. The summed E-state index contributed by atoms with van der Waals surface area (Å²) < 4.78 is 41.6. The number of hydrogen-bond donors (Lipinski definition) is 1. The molecule has 0 aliphatic carbocycles. The van der Waals surface area contributed by atoms with Gasteiger partial charge in [-0.2, -0.15) is 17.0 Å². The Balaban J connectivity index is 1.77. The summed E-state index contributed by atoms with van der Waals surface area (Å²) in [5.41, 5.74) is 2.47. The normalized spacial score (nSPS) is 18.0. The van der Waals surface area contributed by atoms with Gasteiger partial charge in [-0.05, 0) is 37.6 Å². The maximum atomic E-state index is 13.0. The van der Waals surface area contributed by atoms with Gasteiger partial charge in [0.2, 0.25) is 0 Å². The van der Waals surface area contributed by atoms with Gasteiger partial charge in [0.25, 0.3) is 10.2 Å². The van der Waals surface area contributed by atoms with Crippen LogP contribution < -0.4 is 5.32 Å². The Kier molecular flexibility index (Phi) is 6.26. The van der Waals surface area contributed by atoms with E-state index in [1.54, 1.807) is 10.4 Å². The number of anilines is 2. The molecule has 9 heteroatoms. The van der Waals surface area contributed by atoms with E-state index in [0.29, 0.717) is 32.0 Å². The minimum absolute atomic E-state index is 0.0342. The van der Waals surface area contributed by atoms with Gasteiger partial charge in [-0.25, -0.2) is 9.37 Å². The van der Waals surface area contributed by atoms with Crippen molar-refractivity contribution in [3.8, 4) is 0 Å². The summed E-state index contributed by atoms with van der Waals surface area (Å²) in [6.07, 6.45) is 1.88. The highest BCUT2D eigenvalue weighted by Crippen LogP contribution is 2.31. The maximum Gasteiger partial charge on any atom is 0.281 e. The molecular formula is C19H26FN5O2S. The SMILES string of the molecule is CCN(CC)S(=O)(=O)N1CCC(c2cc(Nc3ccc(F)cn3)cc(C)n2)C1. The van der Waals surface area contributed by atoms with Gasteiger partial charge in [-0.15, -0.1) is 0 Å². The standard InChI is InChI=1S/C19H26FN5O2S/c1-4-24(5-2)28(26,27)25-9-8-15(13-25)18-11-17(10-14(3)22-18)23-19-7-6-16(20)12-21-19/h6-7,10-12,15H,4-5,8-9,13H2,1-3H3,(H,21,22,23). The number of hydrogen-bond acceptors (Lipinski definition) is 5. The molecule has 28 heavy (non-hydrogen) atoms. The Morgan fingerprint density at radius 1 is 1.29 bits per heavy atom. The second-order valence-corrected chi connectivity index (χ2v) is 8.77. The molecule has 1 aliphatic heterocycles. The minimum Gasteiger partial charge on any atom is -0.340 e. The van der Waals surface area contributed by atoms with Crippen molar-refractivity contribution in [1.29, 1.82) is 0 Å². The predicted octanol–water partition coefficient (Wildman–Crippen LogP) is 3.04. The lowest BCUT2D eigenvalue weighted by Gasteiger charge is -2.25. The van der Waals surface area contributed by atoms with Gasteiger partial charge < -0.3 is 5.32 Å². The summed E-state index contributed by atoms with van der Waals surface area (Å²) >= 11 is 0. The molecule has 1 fully saturated rings. The number of nitrogens with one attached hydrogen (secondary N) is 1. The van der Waals surface area contributed by atoms with E-state index >= 15 is 0 Å². The zero-order valence-electron chi connectivity index (χ0n) is 16.4. The average molecular weight is 408 g/mol. The van der Waals surface area contributed by atoms with Gasteiger partial charge in [0, 0.05) is 49.2 Å². The number of halogens is 1. The minimum atomic E-state index is -3.44. The number of aryl methyl sites for hydroxylation is 1. The molecule has 1 atom stereocenters. The average Bonchev–Trinajstić information content (AvgIpc) is 3.15. The Morgan fingerprint density at radius 2 is 2.04 bits per heavy atom. The van der Waals surface area contributed by atoms with E-state index < -0.39 is 16.0 Å². The lowest BCUT2D eigenvalue weighted by atomic mass is 10.0. The number of pyridine rings is 2. The second-order valence-electron chi connectivity index (χ2n) is 6.84. The van der Waals surface area contributed by atoms with Crippen molar-refractivity contribution in [3.05, 3.63) is 47.7 Å². The summed E-state index contributed by atoms with van der Waals surface area (Å²) in [5, 5.41) is 3.16. The molecule has 0 aromatic carbocycles. The first kappa shape index (κ1) is 20.6. The molecule has 152 valence electrons. The van der Waals surface area contributed by atoms with E-state index in [9.17, 15) is 12.8 Å². The van der Waals surface area contributed by atoms with Crippen molar-refractivity contribution in [1.82, 2.24) is 18.6 Å². The third kappa shape index (κ3) is 4.48. The van der Waals surface area contributed by atoms with Crippen LogP contribution in [0.2, 0.25) is 0 Å². The Labute approximate surface area is 165 Å². The molecule has 7 nitrogen and oxygen atoms in total. The quantitative estimate of drug-likeness (QED) is 0.763. The highest BCUT2D eigenvalue weighted by Gasteiger charge is 2.35. The number of rotatable bonds is 7. The molecule has 1 unspecified atom stereocenters. The summed E-state index contributed by atoms with van der Waals surface area (Å²) in [5.74, 6) is 0.180. The third-order valence-electron chi connectivity index (χ3n) is 4.90. The summed E-state index contributed by atoms with van der Waals surface area (Å²) in [7, 11) is -3.44. The fourth-order valence-electron chi connectivity index (χ4n) is 3.47. The predicted molar refractivity (Wildman–Crippen MR) is 107 cm³/mol. The van der Waals surface area contributed by atoms with Gasteiger partial charge in [0.05, 0.1) is 6.20 Å². The number of aromatic nitrogens is 2. The Morgan fingerprint density at radius 3 is 2.68 bits per heavy atom. The van der Waals surface area contributed by atoms with Crippen LogP contribution in [0.3, 0.4) is 0 Å². The summed E-state index contributed by atoms with van der Waals surface area (Å²) in [4.78, 5) is 8.63. The molecule has 2 aromatic rings. The van der Waals surface area contributed by atoms with Crippen molar-refractivity contribution < 1.29 is 12.8 Å². The first-order valence-electron chi connectivity index (χ1n) is 9.45. The van der Waals surface area contributed by atoms with Gasteiger partial charge in [-0.1, -0.05) is 13.8 Å². The molecule has 3 heterocycles.